The fraction of sp³-hybridized carbons (Fsp3) is 0.433. The first-order chi connectivity index (χ1) is 19.0. The number of carbonyl (C=O) groups is 3. The van der Waals surface area contributed by atoms with E-state index >= 15 is 0 Å². The molecule has 9 nitrogen and oxygen atoms in total. The summed E-state index contributed by atoms with van der Waals surface area (Å²) in [6, 6.07) is 8.41. The predicted octanol–water partition coefficient (Wildman–Crippen LogP) is 4.29. The van der Waals surface area contributed by atoms with Crippen molar-refractivity contribution >= 4 is 40.8 Å². The second kappa shape index (κ2) is 14.1. The summed E-state index contributed by atoms with van der Waals surface area (Å²) in [5.41, 5.74) is 3.99. The van der Waals surface area contributed by atoms with E-state index in [2.05, 4.69) is 36.0 Å². The van der Waals surface area contributed by atoms with E-state index in [9.17, 15) is 19.2 Å². The molecular formula is C30H37ClN4O5. The van der Waals surface area contributed by atoms with Crippen LogP contribution in [0.2, 0.25) is 5.15 Å². The first kappa shape index (κ1) is 30.8. The zero-order chi connectivity index (χ0) is 29.4. The maximum absolute atomic E-state index is 13.4. The van der Waals surface area contributed by atoms with Crippen LogP contribution in [-0.2, 0) is 40.1 Å². The molecule has 2 aromatic rings. The molecule has 3 rings (SSSR count). The molecule has 0 bridgehead atoms. The van der Waals surface area contributed by atoms with Crippen molar-refractivity contribution in [2.75, 3.05) is 21.2 Å². The van der Waals surface area contributed by atoms with Crippen molar-refractivity contribution < 1.29 is 19.1 Å². The summed E-state index contributed by atoms with van der Waals surface area (Å²) in [6.07, 6.45) is 4.25. The highest BCUT2D eigenvalue weighted by atomic mass is 35.5. The van der Waals surface area contributed by atoms with E-state index in [1.807, 2.05) is 6.07 Å². The Morgan fingerprint density at radius 2 is 1.93 bits per heavy atom. The highest BCUT2D eigenvalue weighted by Crippen LogP contribution is 2.32. The molecule has 1 aromatic heterocycles. The van der Waals surface area contributed by atoms with Crippen LogP contribution in [0, 0.1) is 5.92 Å². The van der Waals surface area contributed by atoms with E-state index in [-0.39, 0.29) is 47.4 Å². The average Bonchev–Trinajstić information content (AvgIpc) is 3.33. The zero-order valence-electron chi connectivity index (χ0n) is 23.7. The number of allylic oxidation sites excluding steroid dienone is 1. The van der Waals surface area contributed by atoms with Gasteiger partial charge in [0.1, 0.15) is 5.15 Å². The third-order valence-electron chi connectivity index (χ3n) is 6.59. The predicted molar refractivity (Wildman–Crippen MR) is 157 cm³/mol. The van der Waals surface area contributed by atoms with Crippen LogP contribution >= 0.6 is 11.6 Å². The molecule has 1 aromatic carbocycles. The van der Waals surface area contributed by atoms with Gasteiger partial charge in [-0.1, -0.05) is 55.8 Å². The summed E-state index contributed by atoms with van der Waals surface area (Å²) in [5.74, 6) is -0.0460. The average molecular weight is 569 g/mol. The number of nitrogens with one attached hydrogen (secondary N) is 1. The molecule has 2 amide bonds. The Labute approximate surface area is 239 Å². The van der Waals surface area contributed by atoms with Crippen molar-refractivity contribution in [3.63, 3.8) is 0 Å². The Balaban J connectivity index is 1.77. The van der Waals surface area contributed by atoms with Crippen molar-refractivity contribution in [3.05, 3.63) is 74.7 Å². The third kappa shape index (κ3) is 8.14. The number of para-hydroxylation sites is 1. The summed E-state index contributed by atoms with van der Waals surface area (Å²) in [7, 11) is 4.48. The third-order valence-corrected chi connectivity index (χ3v) is 6.92. The molecule has 0 saturated heterocycles. The Bertz CT molecular complexity index is 1380. The summed E-state index contributed by atoms with van der Waals surface area (Å²) in [5, 5.41) is 2.79. The zero-order valence-corrected chi connectivity index (χ0v) is 24.5. The number of amides is 2. The van der Waals surface area contributed by atoms with Gasteiger partial charge in [0.15, 0.2) is 5.78 Å². The normalized spacial score (nSPS) is 13.2. The van der Waals surface area contributed by atoms with Crippen molar-refractivity contribution in [2.45, 2.75) is 58.5 Å². The van der Waals surface area contributed by atoms with Crippen LogP contribution in [0.25, 0.3) is 0 Å². The topological polar surface area (TPSA) is 110 Å². The quantitative estimate of drug-likeness (QED) is 0.303. The number of Topliss-reactive ketones (excluding diaryl/α,β-unsaturated/α-hetero) is 1. The van der Waals surface area contributed by atoms with Gasteiger partial charge in [0.2, 0.25) is 5.91 Å². The van der Waals surface area contributed by atoms with Gasteiger partial charge in [-0.3, -0.25) is 23.9 Å². The first-order valence-corrected chi connectivity index (χ1v) is 13.7. The molecule has 2 heterocycles. The largest absolute Gasteiger partial charge is 0.453 e. The number of hydrogen-bond donors (Lipinski definition) is 1. The molecule has 1 aliphatic rings. The molecular weight excluding hydrogens is 532 g/mol. The van der Waals surface area contributed by atoms with Crippen LogP contribution in [0.15, 0.2) is 52.3 Å². The minimum atomic E-state index is -0.900. The van der Waals surface area contributed by atoms with E-state index in [4.69, 9.17) is 16.6 Å². The van der Waals surface area contributed by atoms with Gasteiger partial charge < -0.3 is 15.0 Å². The number of benzene rings is 1. The van der Waals surface area contributed by atoms with Gasteiger partial charge in [0, 0.05) is 38.2 Å². The molecule has 214 valence electrons. The fourth-order valence-corrected chi connectivity index (χ4v) is 4.73. The summed E-state index contributed by atoms with van der Waals surface area (Å²) in [4.78, 5) is 56.5. The molecule has 0 saturated carbocycles. The highest BCUT2D eigenvalue weighted by molar-refractivity contribution is 6.29. The Kier molecular flexibility index (Phi) is 10.8. The number of ketones is 1. The van der Waals surface area contributed by atoms with Crippen LogP contribution in [0.4, 0.5) is 10.5 Å². The van der Waals surface area contributed by atoms with Crippen molar-refractivity contribution in [2.24, 2.45) is 10.9 Å². The van der Waals surface area contributed by atoms with Crippen LogP contribution in [0.5, 0.6) is 0 Å². The summed E-state index contributed by atoms with van der Waals surface area (Å²) < 4.78 is 6.09. The lowest BCUT2D eigenvalue weighted by atomic mass is 9.98. The number of likely N-dealkylation sites (N-methyl/N-ethyl adjacent to an activating group) is 1. The fourth-order valence-electron chi connectivity index (χ4n) is 4.53. The lowest BCUT2D eigenvalue weighted by Crippen LogP contribution is -2.42. The minimum Gasteiger partial charge on any atom is -0.453 e. The molecule has 0 radical (unpaired) electrons. The second-order valence-corrected chi connectivity index (χ2v) is 10.9. The number of aromatic nitrogens is 1. The van der Waals surface area contributed by atoms with Gasteiger partial charge in [-0.05, 0) is 48.4 Å². The van der Waals surface area contributed by atoms with Crippen LogP contribution in [0.3, 0.4) is 0 Å². The number of fused-ring (bicyclic) bond motifs is 1. The van der Waals surface area contributed by atoms with Gasteiger partial charge in [0.05, 0.1) is 25.4 Å². The number of carbonyl (C=O) groups excluding carboxylic acids is 3. The number of alkyl carbamates (subject to hydrolysis) is 1. The molecule has 0 spiro atoms. The number of ether oxygens (including phenoxy) is 1. The summed E-state index contributed by atoms with van der Waals surface area (Å²) in [6.45, 7) is 4.54. The molecule has 1 atom stereocenters. The van der Waals surface area contributed by atoms with Crippen LogP contribution in [-0.4, -0.2) is 60.2 Å². The Hall–Kier alpha value is -3.72. The smallest absolute Gasteiger partial charge is 0.407 e. The molecule has 0 fully saturated rings. The maximum atomic E-state index is 13.4. The molecule has 0 unspecified atom stereocenters. The second-order valence-electron chi connectivity index (χ2n) is 10.5. The van der Waals surface area contributed by atoms with Gasteiger partial charge in [-0.15, -0.1) is 0 Å². The van der Waals surface area contributed by atoms with Crippen LogP contribution in [0.1, 0.15) is 43.4 Å². The van der Waals surface area contributed by atoms with E-state index in [1.165, 1.54) is 34.3 Å². The molecule has 10 heteroatoms. The lowest BCUT2D eigenvalue weighted by molar-refractivity contribution is -0.123. The number of aliphatic imine (C=N–C) groups is 1. The SMILES string of the molecule is COC(=O)N[C@@H](CC/C=C/C(=O)N(C)C)C(=O)Cc1ccc(Cl)n(CC2=Nc3c(cccc3CC(C)C)C2)c1=O. The molecule has 0 aliphatic carbocycles. The summed E-state index contributed by atoms with van der Waals surface area (Å²) >= 11 is 6.42. The van der Waals surface area contributed by atoms with Gasteiger partial charge in [-0.25, -0.2) is 4.79 Å². The van der Waals surface area contributed by atoms with E-state index < -0.39 is 12.1 Å². The van der Waals surface area contributed by atoms with Crippen molar-refractivity contribution in [3.8, 4) is 0 Å². The molecule has 1 aliphatic heterocycles. The Morgan fingerprint density at radius 1 is 1.18 bits per heavy atom. The lowest BCUT2D eigenvalue weighted by Gasteiger charge is -2.17. The van der Waals surface area contributed by atoms with Gasteiger partial charge in [0.25, 0.3) is 5.56 Å². The number of rotatable bonds is 12. The van der Waals surface area contributed by atoms with Crippen molar-refractivity contribution in [1.82, 2.24) is 14.8 Å². The maximum Gasteiger partial charge on any atom is 0.407 e. The minimum absolute atomic E-state index is 0.184. The number of hydrogen-bond acceptors (Lipinski definition) is 6. The van der Waals surface area contributed by atoms with Crippen molar-refractivity contribution in [1.29, 1.82) is 0 Å². The van der Waals surface area contributed by atoms with E-state index in [0.29, 0.717) is 18.8 Å². The molecule has 40 heavy (non-hydrogen) atoms. The molecule has 1 N–H and O–H groups in total. The number of nitrogens with zero attached hydrogens (tertiary/aromatic N) is 3. The highest BCUT2D eigenvalue weighted by Gasteiger charge is 2.24. The number of halogens is 1. The standard InChI is InChI=1S/C30H37ClN4O5/c1-19(2)15-20-9-8-10-21-16-23(32-28(20)21)18-35-26(31)14-13-22(29(35)38)17-25(36)24(33-30(39)40-5)11-6-7-12-27(37)34(3)4/h7-10,12-14,19,24H,6,11,15-18H2,1-5H3,(H,33,39)/b12-7+/t24-/m0/s1. The van der Waals surface area contributed by atoms with Crippen LogP contribution < -0.4 is 10.9 Å². The van der Waals surface area contributed by atoms with Gasteiger partial charge in [-0.2, -0.15) is 0 Å². The van der Waals surface area contributed by atoms with E-state index in [0.717, 1.165) is 23.4 Å². The van der Waals surface area contributed by atoms with E-state index in [1.54, 1.807) is 26.2 Å². The number of methoxy groups -OCH3 is 1. The number of pyridine rings is 1. The first-order valence-electron chi connectivity index (χ1n) is 13.3. The Morgan fingerprint density at radius 3 is 2.60 bits per heavy atom. The monoisotopic (exact) mass is 568 g/mol. The van der Waals surface area contributed by atoms with Gasteiger partial charge >= 0.3 is 6.09 Å².